The molecule has 108 valence electrons. The van der Waals surface area contributed by atoms with E-state index in [1.807, 2.05) is 18.2 Å². The van der Waals surface area contributed by atoms with Gasteiger partial charge in [-0.25, -0.2) is 4.98 Å². The largest absolute Gasteiger partial charge is 0.506 e. The number of pyridine rings is 1. The first-order valence-electron chi connectivity index (χ1n) is 6.17. The fourth-order valence-electron chi connectivity index (χ4n) is 2.30. The van der Waals surface area contributed by atoms with Gasteiger partial charge in [-0.05, 0) is 24.3 Å². The highest BCUT2D eigenvalue weighted by atomic mass is 79.9. The van der Waals surface area contributed by atoms with Crippen molar-refractivity contribution in [1.29, 1.82) is 5.41 Å². The Bertz CT molecular complexity index is 669. The second-order valence-corrected chi connectivity index (χ2v) is 5.52. The highest BCUT2D eigenvalue weighted by molar-refractivity contribution is 9.10. The zero-order valence-electron chi connectivity index (χ0n) is 10.8. The second kappa shape index (κ2) is 5.25. The smallest absolute Gasteiger partial charge is 0.279 e. The van der Waals surface area contributed by atoms with E-state index in [1.165, 1.54) is 6.20 Å². The third-order valence-corrected chi connectivity index (χ3v) is 3.69. The maximum Gasteiger partial charge on any atom is 0.279 e. The third-order valence-electron chi connectivity index (χ3n) is 3.20. The molecule has 0 amide bonds. The lowest BCUT2D eigenvalue weighted by Crippen LogP contribution is -2.21. The maximum atomic E-state index is 9.65. The summed E-state index contributed by atoms with van der Waals surface area (Å²) in [6, 6.07) is 6.84. The molecule has 1 aromatic heterocycles. The Morgan fingerprint density at radius 2 is 2.24 bits per heavy atom. The SMILES string of the molecule is N=C(N)OCC1c2cc(Br)ccc2Oc2ncc(O)cc21. The molecular weight excluding hydrogens is 338 g/mol. The van der Waals surface area contributed by atoms with Crippen LogP contribution < -0.4 is 10.5 Å². The van der Waals surface area contributed by atoms with Crippen LogP contribution in [0.25, 0.3) is 0 Å². The topological polar surface area (TPSA) is 101 Å². The molecule has 0 fully saturated rings. The fourth-order valence-corrected chi connectivity index (χ4v) is 2.68. The number of nitrogens with zero attached hydrogens (tertiary/aromatic N) is 1. The fraction of sp³-hybridized carbons (Fsp3) is 0.143. The van der Waals surface area contributed by atoms with Crippen molar-refractivity contribution in [2.45, 2.75) is 5.92 Å². The van der Waals surface area contributed by atoms with E-state index in [2.05, 4.69) is 20.9 Å². The first kappa shape index (κ1) is 13.7. The summed E-state index contributed by atoms with van der Waals surface area (Å²) in [5.41, 5.74) is 6.84. The van der Waals surface area contributed by atoms with Gasteiger partial charge < -0.3 is 20.3 Å². The van der Waals surface area contributed by atoms with Crippen molar-refractivity contribution in [3.63, 3.8) is 0 Å². The van der Waals surface area contributed by atoms with Gasteiger partial charge in [0, 0.05) is 15.6 Å². The standard InChI is InChI=1S/C14H12BrN3O3/c15-7-1-2-12-9(3-7)11(6-20-14(16)17)10-4-8(19)5-18-13(10)21-12/h1-5,11,19H,6H2,(H3,16,17). The van der Waals surface area contributed by atoms with E-state index in [4.69, 9.17) is 20.6 Å². The van der Waals surface area contributed by atoms with E-state index < -0.39 is 0 Å². The van der Waals surface area contributed by atoms with Gasteiger partial charge in [-0.15, -0.1) is 0 Å². The average molecular weight is 350 g/mol. The van der Waals surface area contributed by atoms with Crippen LogP contribution in [0.15, 0.2) is 34.9 Å². The lowest BCUT2D eigenvalue weighted by Gasteiger charge is -2.27. The van der Waals surface area contributed by atoms with Crippen LogP contribution in [0, 0.1) is 5.41 Å². The number of ether oxygens (including phenoxy) is 2. The van der Waals surface area contributed by atoms with E-state index in [-0.39, 0.29) is 24.3 Å². The molecule has 2 heterocycles. The van der Waals surface area contributed by atoms with Gasteiger partial charge in [0.2, 0.25) is 5.88 Å². The average Bonchev–Trinajstić information content (AvgIpc) is 2.44. The Morgan fingerprint density at radius 3 is 3.00 bits per heavy atom. The van der Waals surface area contributed by atoms with E-state index in [9.17, 15) is 5.11 Å². The molecule has 2 aromatic rings. The minimum atomic E-state index is -0.354. The van der Waals surface area contributed by atoms with E-state index in [0.29, 0.717) is 17.2 Å². The monoisotopic (exact) mass is 349 g/mol. The van der Waals surface area contributed by atoms with Crippen molar-refractivity contribution < 1.29 is 14.6 Å². The van der Waals surface area contributed by atoms with Crippen molar-refractivity contribution in [3.8, 4) is 17.4 Å². The Kier molecular flexibility index (Phi) is 3.42. The normalized spacial score (nSPS) is 15.6. The van der Waals surface area contributed by atoms with Crippen molar-refractivity contribution in [2.24, 2.45) is 5.73 Å². The van der Waals surface area contributed by atoms with Gasteiger partial charge in [0.05, 0.1) is 12.1 Å². The number of hydrogen-bond donors (Lipinski definition) is 3. The van der Waals surface area contributed by atoms with E-state index >= 15 is 0 Å². The molecule has 21 heavy (non-hydrogen) atoms. The molecule has 1 aliphatic heterocycles. The number of benzene rings is 1. The number of hydrogen-bond acceptors (Lipinski definition) is 5. The Labute approximate surface area is 129 Å². The zero-order chi connectivity index (χ0) is 15.0. The number of aromatic nitrogens is 1. The van der Waals surface area contributed by atoms with Gasteiger partial charge in [-0.2, -0.15) is 0 Å². The number of halogens is 1. The molecule has 3 rings (SSSR count). The molecule has 0 aliphatic carbocycles. The zero-order valence-corrected chi connectivity index (χ0v) is 12.4. The summed E-state index contributed by atoms with van der Waals surface area (Å²) < 4.78 is 11.8. The summed E-state index contributed by atoms with van der Waals surface area (Å²) in [5.74, 6) is 0.897. The van der Waals surface area contributed by atoms with Gasteiger partial charge in [0.15, 0.2) is 0 Å². The van der Waals surface area contributed by atoms with Crippen LogP contribution in [0.1, 0.15) is 17.0 Å². The van der Waals surface area contributed by atoms with E-state index in [1.54, 1.807) is 6.07 Å². The number of fused-ring (bicyclic) bond motifs is 2. The van der Waals surface area contributed by atoms with Gasteiger partial charge in [-0.1, -0.05) is 15.9 Å². The molecular formula is C14H12BrN3O3. The highest BCUT2D eigenvalue weighted by Gasteiger charge is 2.29. The highest BCUT2D eigenvalue weighted by Crippen LogP contribution is 2.44. The minimum absolute atomic E-state index is 0.0450. The van der Waals surface area contributed by atoms with Crippen LogP contribution >= 0.6 is 15.9 Å². The van der Waals surface area contributed by atoms with Crippen molar-refractivity contribution in [3.05, 3.63) is 46.1 Å². The molecule has 4 N–H and O–H groups in total. The number of amidine groups is 1. The van der Waals surface area contributed by atoms with Crippen molar-refractivity contribution >= 4 is 22.0 Å². The molecule has 1 atom stereocenters. The predicted octanol–water partition coefficient (Wildman–Crippen LogP) is 2.70. The van der Waals surface area contributed by atoms with Gasteiger partial charge in [0.1, 0.15) is 18.1 Å². The van der Waals surface area contributed by atoms with Crippen molar-refractivity contribution in [2.75, 3.05) is 6.61 Å². The Hall–Kier alpha value is -2.28. The van der Waals surface area contributed by atoms with Gasteiger partial charge in [0.25, 0.3) is 6.02 Å². The number of rotatable bonds is 2. The molecule has 1 aromatic carbocycles. The third kappa shape index (κ3) is 2.64. The van der Waals surface area contributed by atoms with Crippen LogP contribution in [0.3, 0.4) is 0 Å². The molecule has 1 aliphatic rings. The number of nitrogens with one attached hydrogen (secondary N) is 1. The van der Waals surface area contributed by atoms with Crippen LogP contribution in [0.2, 0.25) is 0 Å². The summed E-state index contributed by atoms with van der Waals surface area (Å²) in [7, 11) is 0. The lowest BCUT2D eigenvalue weighted by atomic mass is 9.90. The number of aromatic hydroxyl groups is 1. The van der Waals surface area contributed by atoms with Crippen LogP contribution in [0.4, 0.5) is 0 Å². The van der Waals surface area contributed by atoms with Gasteiger partial charge in [-0.3, -0.25) is 5.41 Å². The Balaban J connectivity index is 2.09. The molecule has 6 nitrogen and oxygen atoms in total. The van der Waals surface area contributed by atoms with Crippen LogP contribution in [-0.4, -0.2) is 22.7 Å². The summed E-state index contributed by atoms with van der Waals surface area (Å²) in [6.45, 7) is 0.167. The summed E-state index contributed by atoms with van der Waals surface area (Å²) in [5, 5.41) is 16.9. The lowest BCUT2D eigenvalue weighted by molar-refractivity contribution is 0.272. The first-order chi connectivity index (χ1) is 10.0. The summed E-state index contributed by atoms with van der Waals surface area (Å²) in [6.07, 6.45) is 1.32. The quantitative estimate of drug-likeness (QED) is 0.571. The predicted molar refractivity (Wildman–Crippen MR) is 79.8 cm³/mol. The maximum absolute atomic E-state index is 9.65. The minimum Gasteiger partial charge on any atom is -0.506 e. The molecule has 0 saturated carbocycles. The van der Waals surface area contributed by atoms with Crippen molar-refractivity contribution in [1.82, 2.24) is 4.98 Å². The van der Waals surface area contributed by atoms with Crippen LogP contribution in [-0.2, 0) is 4.74 Å². The molecule has 7 heteroatoms. The Morgan fingerprint density at radius 1 is 1.43 bits per heavy atom. The molecule has 0 spiro atoms. The first-order valence-corrected chi connectivity index (χ1v) is 6.97. The summed E-state index contributed by atoms with van der Waals surface area (Å²) in [4.78, 5) is 4.09. The van der Waals surface area contributed by atoms with Crippen LogP contribution in [0.5, 0.6) is 17.4 Å². The van der Waals surface area contributed by atoms with Gasteiger partial charge >= 0.3 is 0 Å². The number of nitrogens with two attached hydrogens (primary N) is 1. The molecule has 0 bridgehead atoms. The molecule has 0 radical (unpaired) electrons. The second-order valence-electron chi connectivity index (χ2n) is 4.60. The molecule has 1 unspecified atom stereocenters. The summed E-state index contributed by atoms with van der Waals surface area (Å²) >= 11 is 3.42. The van der Waals surface area contributed by atoms with E-state index in [0.717, 1.165) is 10.0 Å². The molecule has 0 saturated heterocycles.